The molecule has 18 heavy (non-hydrogen) atoms. The summed E-state index contributed by atoms with van der Waals surface area (Å²) in [7, 11) is 0. The third kappa shape index (κ3) is 1.55. The van der Waals surface area contributed by atoms with E-state index in [1.165, 1.54) is 0 Å². The van der Waals surface area contributed by atoms with Crippen molar-refractivity contribution in [1.82, 2.24) is 9.55 Å². The van der Waals surface area contributed by atoms with Crippen LogP contribution in [0.3, 0.4) is 0 Å². The molecule has 1 N–H and O–H groups in total. The van der Waals surface area contributed by atoms with Gasteiger partial charge in [-0.25, -0.2) is 4.79 Å². The van der Waals surface area contributed by atoms with Crippen molar-refractivity contribution in [2.45, 2.75) is 0 Å². The summed E-state index contributed by atoms with van der Waals surface area (Å²) in [5, 5.41) is 10.2. The molecule has 2 aromatic heterocycles. The lowest BCUT2D eigenvalue weighted by Gasteiger charge is -2.07. The highest BCUT2D eigenvalue weighted by molar-refractivity contribution is 5.96. The number of aromatic carboxylic acids is 1. The first-order valence-corrected chi connectivity index (χ1v) is 5.51. The van der Waals surface area contributed by atoms with Crippen LogP contribution < -0.4 is 0 Å². The van der Waals surface area contributed by atoms with E-state index in [2.05, 4.69) is 4.98 Å². The van der Waals surface area contributed by atoms with E-state index in [9.17, 15) is 9.90 Å². The number of rotatable bonds is 2. The maximum Gasteiger partial charge on any atom is 0.352 e. The van der Waals surface area contributed by atoms with Crippen LogP contribution >= 0.6 is 0 Å². The van der Waals surface area contributed by atoms with Crippen LogP contribution in [0.2, 0.25) is 0 Å². The van der Waals surface area contributed by atoms with Crippen molar-refractivity contribution >= 4 is 16.9 Å². The Labute approximate surface area is 103 Å². The molecule has 88 valence electrons. The summed E-state index contributed by atoms with van der Waals surface area (Å²) in [4.78, 5) is 15.4. The average molecular weight is 238 g/mol. The lowest BCUT2D eigenvalue weighted by molar-refractivity contribution is 0.0688. The Bertz CT molecular complexity index is 717. The number of nitrogens with zero attached hydrogens (tertiary/aromatic N) is 2. The van der Waals surface area contributed by atoms with Crippen molar-refractivity contribution in [2.75, 3.05) is 0 Å². The van der Waals surface area contributed by atoms with Crippen LogP contribution in [0.5, 0.6) is 0 Å². The highest BCUT2D eigenvalue weighted by Gasteiger charge is 2.15. The van der Waals surface area contributed by atoms with Crippen LogP contribution in [-0.4, -0.2) is 20.6 Å². The Morgan fingerprint density at radius 3 is 2.72 bits per heavy atom. The number of hydrogen-bond acceptors (Lipinski definition) is 2. The van der Waals surface area contributed by atoms with Crippen molar-refractivity contribution in [1.29, 1.82) is 0 Å². The predicted octanol–water partition coefficient (Wildman–Crippen LogP) is 2.72. The second kappa shape index (κ2) is 4.00. The van der Waals surface area contributed by atoms with Gasteiger partial charge in [0.1, 0.15) is 5.69 Å². The van der Waals surface area contributed by atoms with Gasteiger partial charge in [0, 0.05) is 11.6 Å². The van der Waals surface area contributed by atoms with E-state index in [0.717, 1.165) is 16.6 Å². The minimum atomic E-state index is -0.949. The molecular formula is C14H10N2O2. The predicted molar refractivity (Wildman–Crippen MR) is 68.0 cm³/mol. The maximum atomic E-state index is 11.3. The second-order valence-electron chi connectivity index (χ2n) is 3.94. The molecule has 3 rings (SSSR count). The highest BCUT2D eigenvalue weighted by Crippen LogP contribution is 2.23. The topological polar surface area (TPSA) is 55.1 Å². The van der Waals surface area contributed by atoms with Crippen molar-refractivity contribution in [3.05, 3.63) is 60.6 Å². The molecule has 4 heteroatoms. The van der Waals surface area contributed by atoms with E-state index in [1.807, 2.05) is 30.3 Å². The molecule has 1 aromatic carbocycles. The number of benzene rings is 1. The Kier molecular flexibility index (Phi) is 2.34. The van der Waals surface area contributed by atoms with Gasteiger partial charge in [0.05, 0.1) is 17.4 Å². The van der Waals surface area contributed by atoms with Gasteiger partial charge in [0.2, 0.25) is 0 Å². The van der Waals surface area contributed by atoms with Crippen LogP contribution in [0.1, 0.15) is 10.5 Å². The lowest BCUT2D eigenvalue weighted by Crippen LogP contribution is -2.06. The number of hydrogen-bond donors (Lipinski definition) is 1. The third-order valence-electron chi connectivity index (χ3n) is 2.83. The Morgan fingerprint density at radius 1 is 1.17 bits per heavy atom. The third-order valence-corrected chi connectivity index (χ3v) is 2.83. The summed E-state index contributed by atoms with van der Waals surface area (Å²) in [5.74, 6) is -0.949. The normalized spacial score (nSPS) is 10.7. The Balaban J connectivity index is 2.38. The summed E-state index contributed by atoms with van der Waals surface area (Å²) >= 11 is 0. The molecule has 0 atom stereocenters. The Hall–Kier alpha value is -2.62. The van der Waals surface area contributed by atoms with Crippen molar-refractivity contribution < 1.29 is 9.90 Å². The van der Waals surface area contributed by atoms with Crippen LogP contribution in [0.4, 0.5) is 0 Å². The minimum Gasteiger partial charge on any atom is -0.477 e. The van der Waals surface area contributed by atoms with Crippen LogP contribution in [-0.2, 0) is 0 Å². The fraction of sp³-hybridized carbons (Fsp3) is 0. The molecule has 0 bridgehead atoms. The van der Waals surface area contributed by atoms with Crippen molar-refractivity contribution in [3.63, 3.8) is 0 Å². The lowest BCUT2D eigenvalue weighted by atomic mass is 10.2. The van der Waals surface area contributed by atoms with Crippen molar-refractivity contribution in [3.8, 4) is 5.69 Å². The molecule has 0 spiro atoms. The van der Waals surface area contributed by atoms with Crippen LogP contribution in [0.25, 0.3) is 16.6 Å². The number of aromatic nitrogens is 2. The standard InChI is InChI=1S/C14H10N2O2/c17-14(18)13-8-10-4-1-2-6-12(10)16(13)11-5-3-7-15-9-11/h1-9H,(H,17,18). The molecule has 0 aliphatic rings. The molecule has 0 saturated carbocycles. The number of fused-ring (bicyclic) bond motifs is 1. The van der Waals surface area contributed by atoms with Gasteiger partial charge >= 0.3 is 5.97 Å². The van der Waals surface area contributed by atoms with Gasteiger partial charge in [-0.2, -0.15) is 0 Å². The number of carbonyl (C=O) groups is 1. The quantitative estimate of drug-likeness (QED) is 0.746. The van der Waals surface area contributed by atoms with E-state index in [4.69, 9.17) is 0 Å². The van der Waals surface area contributed by atoms with Gasteiger partial charge in [0.25, 0.3) is 0 Å². The van der Waals surface area contributed by atoms with Gasteiger partial charge in [-0.1, -0.05) is 18.2 Å². The first-order chi connectivity index (χ1) is 8.77. The zero-order chi connectivity index (χ0) is 12.5. The highest BCUT2D eigenvalue weighted by atomic mass is 16.4. The zero-order valence-corrected chi connectivity index (χ0v) is 9.45. The second-order valence-corrected chi connectivity index (χ2v) is 3.94. The molecule has 0 saturated heterocycles. The zero-order valence-electron chi connectivity index (χ0n) is 9.45. The summed E-state index contributed by atoms with van der Waals surface area (Å²) in [6, 6.07) is 12.9. The van der Waals surface area contributed by atoms with Gasteiger partial charge in [-0.15, -0.1) is 0 Å². The molecule has 0 aliphatic carbocycles. The van der Waals surface area contributed by atoms with Gasteiger partial charge in [0.15, 0.2) is 0 Å². The van der Waals surface area contributed by atoms with E-state index < -0.39 is 5.97 Å². The van der Waals surface area contributed by atoms with Crippen molar-refractivity contribution in [2.24, 2.45) is 0 Å². The fourth-order valence-corrected chi connectivity index (χ4v) is 2.08. The Morgan fingerprint density at radius 2 is 2.00 bits per heavy atom. The number of carboxylic acid groups (broad SMARTS) is 1. The molecule has 2 heterocycles. The molecule has 0 aliphatic heterocycles. The number of carboxylic acids is 1. The van der Waals surface area contributed by atoms with Gasteiger partial charge < -0.3 is 9.67 Å². The molecule has 0 fully saturated rings. The maximum absolute atomic E-state index is 11.3. The number of pyridine rings is 1. The van der Waals surface area contributed by atoms with Gasteiger partial charge in [-0.3, -0.25) is 4.98 Å². The van der Waals surface area contributed by atoms with E-state index >= 15 is 0 Å². The molecule has 0 unspecified atom stereocenters. The van der Waals surface area contributed by atoms with E-state index in [0.29, 0.717) is 0 Å². The summed E-state index contributed by atoms with van der Waals surface area (Å²) < 4.78 is 1.70. The number of para-hydroxylation sites is 1. The largest absolute Gasteiger partial charge is 0.477 e. The smallest absolute Gasteiger partial charge is 0.352 e. The molecule has 4 nitrogen and oxygen atoms in total. The average Bonchev–Trinajstić information content (AvgIpc) is 2.79. The summed E-state index contributed by atoms with van der Waals surface area (Å²) in [6.07, 6.45) is 3.31. The van der Waals surface area contributed by atoms with E-state index in [-0.39, 0.29) is 5.69 Å². The monoisotopic (exact) mass is 238 g/mol. The molecule has 0 radical (unpaired) electrons. The summed E-state index contributed by atoms with van der Waals surface area (Å²) in [5.41, 5.74) is 1.85. The first-order valence-electron chi connectivity index (χ1n) is 5.51. The summed E-state index contributed by atoms with van der Waals surface area (Å²) in [6.45, 7) is 0. The first kappa shape index (κ1) is 10.5. The van der Waals surface area contributed by atoms with Crippen LogP contribution in [0.15, 0.2) is 54.9 Å². The molecule has 3 aromatic rings. The molecular weight excluding hydrogens is 228 g/mol. The SMILES string of the molecule is O=C(O)c1cc2ccccc2n1-c1cccnc1. The van der Waals surface area contributed by atoms with E-state index in [1.54, 1.807) is 29.1 Å². The van der Waals surface area contributed by atoms with Crippen LogP contribution in [0, 0.1) is 0 Å². The minimum absolute atomic E-state index is 0.240. The van der Waals surface area contributed by atoms with Gasteiger partial charge in [-0.05, 0) is 24.3 Å². The molecule has 0 amide bonds. The fourth-order valence-electron chi connectivity index (χ4n) is 2.08.